The molecule has 0 saturated carbocycles. The van der Waals surface area contributed by atoms with Gasteiger partial charge in [0.1, 0.15) is 0 Å². The van der Waals surface area contributed by atoms with Crippen LogP contribution in [0.15, 0.2) is 47.6 Å². The minimum Gasteiger partial charge on any atom is -0.326 e. The van der Waals surface area contributed by atoms with E-state index in [4.69, 9.17) is 0 Å². The van der Waals surface area contributed by atoms with Crippen molar-refractivity contribution in [2.45, 2.75) is 50.9 Å². The summed E-state index contributed by atoms with van der Waals surface area (Å²) in [5.41, 5.74) is 4.46. The largest absolute Gasteiger partial charge is 0.326 e. The van der Waals surface area contributed by atoms with E-state index in [1.165, 1.54) is 17.3 Å². The number of Topliss-reactive ketones (excluding diaryl/α,β-unsaturated/α-hetero) is 1. The van der Waals surface area contributed by atoms with Crippen molar-refractivity contribution < 1.29 is 9.59 Å². The number of thioether (sulfide) groups is 1. The van der Waals surface area contributed by atoms with Gasteiger partial charge in [0.25, 0.3) is 0 Å². The maximum Gasteiger partial charge on any atom is 0.224 e. The van der Waals surface area contributed by atoms with Crippen molar-refractivity contribution in [1.29, 1.82) is 0 Å². The molecule has 0 bridgehead atoms. The van der Waals surface area contributed by atoms with E-state index in [9.17, 15) is 9.59 Å². The Morgan fingerprint density at radius 2 is 1.83 bits per heavy atom. The summed E-state index contributed by atoms with van der Waals surface area (Å²) in [6.45, 7) is 7.88. The number of tetrazole rings is 1. The molecule has 1 aromatic heterocycles. The number of nitrogens with zero attached hydrogens (tertiary/aromatic N) is 4. The van der Waals surface area contributed by atoms with Gasteiger partial charge in [0, 0.05) is 17.7 Å². The molecule has 30 heavy (non-hydrogen) atoms. The first kappa shape index (κ1) is 21.7. The van der Waals surface area contributed by atoms with Gasteiger partial charge in [-0.15, -0.1) is 5.10 Å². The van der Waals surface area contributed by atoms with E-state index < -0.39 is 0 Å². The Labute approximate surface area is 180 Å². The molecule has 1 unspecified atom stereocenters. The zero-order valence-electron chi connectivity index (χ0n) is 17.5. The number of rotatable bonds is 8. The molecule has 7 nitrogen and oxygen atoms in total. The Morgan fingerprint density at radius 3 is 2.50 bits per heavy atom. The van der Waals surface area contributed by atoms with Gasteiger partial charge in [-0.05, 0) is 85.1 Å². The molecule has 0 aliphatic carbocycles. The van der Waals surface area contributed by atoms with Crippen molar-refractivity contribution in [3.8, 4) is 5.69 Å². The Balaban J connectivity index is 1.70. The van der Waals surface area contributed by atoms with Gasteiger partial charge in [0.2, 0.25) is 11.1 Å². The molecule has 2 aromatic carbocycles. The van der Waals surface area contributed by atoms with Crippen LogP contribution in [-0.2, 0) is 4.79 Å². The van der Waals surface area contributed by atoms with Crippen molar-refractivity contribution in [1.82, 2.24) is 20.2 Å². The number of hydrogen-bond donors (Lipinski definition) is 1. The van der Waals surface area contributed by atoms with Gasteiger partial charge in [-0.2, -0.15) is 4.68 Å². The summed E-state index contributed by atoms with van der Waals surface area (Å²) in [6.07, 6.45) is 1.27. The Kier molecular flexibility index (Phi) is 6.99. The minimum atomic E-state index is -0.373. The van der Waals surface area contributed by atoms with Crippen LogP contribution >= 0.6 is 11.8 Å². The molecule has 0 spiro atoms. The van der Waals surface area contributed by atoms with Gasteiger partial charge < -0.3 is 5.32 Å². The number of ketones is 1. The maximum atomic E-state index is 12.9. The average molecular weight is 424 g/mol. The highest BCUT2D eigenvalue weighted by atomic mass is 32.2. The third-order valence-electron chi connectivity index (χ3n) is 4.76. The first-order valence-corrected chi connectivity index (χ1v) is 10.7. The van der Waals surface area contributed by atoms with Crippen molar-refractivity contribution in [2.24, 2.45) is 0 Å². The van der Waals surface area contributed by atoms with E-state index >= 15 is 0 Å². The summed E-state index contributed by atoms with van der Waals surface area (Å²) >= 11 is 1.31. The normalized spacial score (nSPS) is 11.9. The van der Waals surface area contributed by atoms with E-state index in [0.717, 1.165) is 17.7 Å². The average Bonchev–Trinajstić information content (AvgIpc) is 3.18. The van der Waals surface area contributed by atoms with Crippen LogP contribution in [0.1, 0.15) is 48.2 Å². The molecule has 3 rings (SSSR count). The second-order valence-corrected chi connectivity index (χ2v) is 8.45. The lowest BCUT2D eigenvalue weighted by Gasteiger charge is -2.11. The Morgan fingerprint density at radius 1 is 1.10 bits per heavy atom. The van der Waals surface area contributed by atoms with Crippen LogP contribution < -0.4 is 5.32 Å². The summed E-state index contributed by atoms with van der Waals surface area (Å²) in [7, 11) is 0. The van der Waals surface area contributed by atoms with Crippen molar-refractivity contribution >= 4 is 29.1 Å². The topological polar surface area (TPSA) is 89.8 Å². The smallest absolute Gasteiger partial charge is 0.224 e. The Bertz CT molecular complexity index is 1050. The van der Waals surface area contributed by atoms with Crippen LogP contribution in [-0.4, -0.2) is 37.1 Å². The predicted molar refractivity (Wildman–Crippen MR) is 118 cm³/mol. The van der Waals surface area contributed by atoms with Crippen LogP contribution in [0.25, 0.3) is 5.69 Å². The molecule has 3 aromatic rings. The first-order valence-electron chi connectivity index (χ1n) is 9.85. The van der Waals surface area contributed by atoms with Gasteiger partial charge in [0.15, 0.2) is 5.78 Å². The SMILES string of the molecule is CCCC(=O)Nc1ccc(C(=O)C(C)Sc2nnnn2-c2ccc(C)c(C)c2)cc1. The molecule has 0 aliphatic rings. The van der Waals surface area contributed by atoms with Crippen molar-refractivity contribution in [3.05, 3.63) is 59.2 Å². The van der Waals surface area contributed by atoms with E-state index in [0.29, 0.717) is 22.8 Å². The number of aromatic nitrogens is 4. The molecule has 0 fully saturated rings. The number of carbonyl (C=O) groups is 2. The second kappa shape index (κ2) is 9.67. The molecular formula is C22H25N5O2S. The number of hydrogen-bond acceptors (Lipinski definition) is 6. The van der Waals surface area contributed by atoms with Crippen molar-refractivity contribution in [2.75, 3.05) is 5.32 Å². The summed E-state index contributed by atoms with van der Waals surface area (Å²) < 4.78 is 1.65. The van der Waals surface area contributed by atoms with Crippen molar-refractivity contribution in [3.63, 3.8) is 0 Å². The quantitative estimate of drug-likeness (QED) is 0.427. The highest BCUT2D eigenvalue weighted by Gasteiger charge is 2.21. The number of carbonyl (C=O) groups excluding carboxylic acids is 2. The highest BCUT2D eigenvalue weighted by molar-refractivity contribution is 8.00. The van der Waals surface area contributed by atoms with Gasteiger partial charge in [-0.3, -0.25) is 9.59 Å². The zero-order valence-corrected chi connectivity index (χ0v) is 18.4. The lowest BCUT2D eigenvalue weighted by Crippen LogP contribution is -2.15. The fraction of sp³-hybridized carbons (Fsp3) is 0.318. The summed E-state index contributed by atoms with van der Waals surface area (Å²) in [4.78, 5) is 24.6. The summed E-state index contributed by atoms with van der Waals surface area (Å²) in [5, 5.41) is 15.0. The second-order valence-electron chi connectivity index (χ2n) is 7.14. The number of nitrogens with one attached hydrogen (secondary N) is 1. The number of anilines is 1. The number of aryl methyl sites for hydroxylation is 2. The third kappa shape index (κ3) is 5.13. The molecule has 1 heterocycles. The molecule has 0 radical (unpaired) electrons. The van der Waals surface area contributed by atoms with Gasteiger partial charge >= 0.3 is 0 Å². The van der Waals surface area contributed by atoms with Gasteiger partial charge in [-0.25, -0.2) is 0 Å². The van der Waals surface area contributed by atoms with Crippen LogP contribution in [0.3, 0.4) is 0 Å². The minimum absolute atomic E-state index is 0.0268. The molecule has 1 amide bonds. The fourth-order valence-corrected chi connectivity index (χ4v) is 3.77. The lowest BCUT2D eigenvalue weighted by molar-refractivity contribution is -0.116. The fourth-order valence-electron chi connectivity index (χ4n) is 2.89. The van der Waals surface area contributed by atoms with Crippen LogP contribution in [0.5, 0.6) is 0 Å². The maximum absolute atomic E-state index is 12.9. The standard InChI is InChI=1S/C22H25N5O2S/c1-5-6-20(28)23-18-10-8-17(9-11-18)21(29)16(4)30-22-24-25-26-27(22)19-12-7-14(2)15(3)13-19/h7-13,16H,5-6H2,1-4H3,(H,23,28). The zero-order chi connectivity index (χ0) is 21.7. The number of benzene rings is 2. The number of amides is 1. The highest BCUT2D eigenvalue weighted by Crippen LogP contribution is 2.26. The summed E-state index contributed by atoms with van der Waals surface area (Å²) in [6, 6.07) is 13.0. The Hall–Kier alpha value is -3.00. The van der Waals surface area contributed by atoms with Gasteiger partial charge in [0.05, 0.1) is 10.9 Å². The lowest BCUT2D eigenvalue weighted by atomic mass is 10.1. The monoisotopic (exact) mass is 423 g/mol. The molecule has 1 N–H and O–H groups in total. The molecule has 8 heteroatoms. The van der Waals surface area contributed by atoms with Gasteiger partial charge in [-0.1, -0.05) is 24.8 Å². The van der Waals surface area contributed by atoms with E-state index in [2.05, 4.69) is 27.8 Å². The predicted octanol–water partition coefficient (Wildman–Crippen LogP) is 4.38. The van der Waals surface area contributed by atoms with Crippen LogP contribution in [0.4, 0.5) is 5.69 Å². The summed E-state index contributed by atoms with van der Waals surface area (Å²) in [5.74, 6) is -0.0558. The van der Waals surface area contributed by atoms with E-state index in [1.54, 1.807) is 28.9 Å². The van der Waals surface area contributed by atoms with E-state index in [-0.39, 0.29) is 16.9 Å². The van der Waals surface area contributed by atoms with E-state index in [1.807, 2.05) is 39.0 Å². The molecular weight excluding hydrogens is 398 g/mol. The molecule has 0 aliphatic heterocycles. The molecule has 0 saturated heterocycles. The molecule has 1 atom stereocenters. The van der Waals surface area contributed by atoms with Crippen LogP contribution in [0.2, 0.25) is 0 Å². The first-order chi connectivity index (χ1) is 14.4. The third-order valence-corrected chi connectivity index (χ3v) is 5.79. The molecule has 156 valence electrons. The van der Waals surface area contributed by atoms with Crippen LogP contribution in [0, 0.1) is 13.8 Å².